The van der Waals surface area contributed by atoms with Gasteiger partial charge in [0, 0.05) is 25.0 Å². The maximum absolute atomic E-state index is 13.0. The van der Waals surface area contributed by atoms with E-state index in [1.807, 2.05) is 6.92 Å². The minimum atomic E-state index is -5.37. The first kappa shape index (κ1) is 61.0. The van der Waals surface area contributed by atoms with Crippen molar-refractivity contribution in [3.63, 3.8) is 0 Å². The highest BCUT2D eigenvalue weighted by molar-refractivity contribution is 8.13. The number of hydrogen-bond donors (Lipinski definition) is 7. The molecule has 20 heteroatoms. The normalized spacial score (nSPS) is 21.6. The fraction of sp³-hybridized carbons (Fsp3) is 0.932. The molecular formula is C44H84O17P2S. The van der Waals surface area contributed by atoms with Crippen molar-refractivity contribution in [3.05, 3.63) is 0 Å². The predicted octanol–water partition coefficient (Wildman–Crippen LogP) is 8.49. The van der Waals surface area contributed by atoms with Gasteiger partial charge in [-0.3, -0.25) is 28.0 Å². The van der Waals surface area contributed by atoms with Gasteiger partial charge in [0.15, 0.2) is 11.2 Å². The molecule has 1 saturated carbocycles. The zero-order valence-electron chi connectivity index (χ0n) is 38.7. The third kappa shape index (κ3) is 31.1. The summed E-state index contributed by atoms with van der Waals surface area (Å²) in [7, 11) is -10.7. The molecule has 0 amide bonds. The Kier molecular flexibility index (Phi) is 35.3. The van der Waals surface area contributed by atoms with Crippen molar-refractivity contribution in [1.29, 1.82) is 0 Å². The van der Waals surface area contributed by atoms with Crippen LogP contribution in [0, 0.1) is 0 Å². The largest absolute Gasteiger partial charge is 0.472 e. The Hall–Kier alpha value is -0.980. The summed E-state index contributed by atoms with van der Waals surface area (Å²) in [6, 6.07) is 0. The zero-order chi connectivity index (χ0) is 47.6. The second-order valence-electron chi connectivity index (χ2n) is 17.1. The Morgan fingerprint density at radius 1 is 0.500 bits per heavy atom. The second-order valence-corrected chi connectivity index (χ2v) is 20.9. The van der Waals surface area contributed by atoms with Crippen molar-refractivity contribution < 1.29 is 81.7 Å². The Morgan fingerprint density at radius 2 is 0.922 bits per heavy atom. The molecule has 1 fully saturated rings. The van der Waals surface area contributed by atoms with E-state index in [2.05, 4.69) is 11.4 Å². The Balaban J connectivity index is 2.54. The van der Waals surface area contributed by atoms with Gasteiger partial charge in [-0.1, -0.05) is 167 Å². The molecule has 4 unspecified atom stereocenters. The van der Waals surface area contributed by atoms with Gasteiger partial charge in [-0.2, -0.15) is 0 Å². The second kappa shape index (κ2) is 37.0. The summed E-state index contributed by atoms with van der Waals surface area (Å²) in [5.41, 5.74) is 0. The molecule has 0 aromatic carbocycles. The number of aliphatic hydroxyl groups is 4. The van der Waals surface area contributed by atoms with E-state index in [4.69, 9.17) is 28.3 Å². The first-order chi connectivity index (χ1) is 30.5. The fourth-order valence-electron chi connectivity index (χ4n) is 7.46. The van der Waals surface area contributed by atoms with Crippen LogP contribution in [0.4, 0.5) is 0 Å². The van der Waals surface area contributed by atoms with E-state index >= 15 is 0 Å². The monoisotopic (exact) mass is 978 g/mol. The number of ether oxygens (including phenoxy) is 2. The van der Waals surface area contributed by atoms with Crippen molar-refractivity contribution in [2.75, 3.05) is 19.0 Å². The van der Waals surface area contributed by atoms with Gasteiger partial charge in [0.25, 0.3) is 0 Å². The maximum Gasteiger partial charge on any atom is 0.472 e. The number of phosphoric acid groups is 2. The van der Waals surface area contributed by atoms with E-state index in [0.29, 0.717) is 24.4 Å². The van der Waals surface area contributed by atoms with Crippen LogP contribution in [0.2, 0.25) is 0 Å². The topological polar surface area (TPSA) is 273 Å². The predicted molar refractivity (Wildman–Crippen MR) is 245 cm³/mol. The number of hydrogen-bond acceptors (Lipinski definition) is 15. The summed E-state index contributed by atoms with van der Waals surface area (Å²) in [6.07, 6.45) is 14.2. The van der Waals surface area contributed by atoms with Crippen LogP contribution < -0.4 is 0 Å². The fourth-order valence-corrected chi connectivity index (χ4v) is 9.92. The van der Waals surface area contributed by atoms with E-state index in [-0.39, 0.29) is 12.8 Å². The molecule has 0 aromatic heterocycles. The van der Waals surface area contributed by atoms with E-state index < -0.39 is 83.5 Å². The van der Waals surface area contributed by atoms with E-state index in [9.17, 15) is 48.8 Å². The summed E-state index contributed by atoms with van der Waals surface area (Å²) < 4.78 is 49.4. The van der Waals surface area contributed by atoms with E-state index in [1.165, 1.54) is 88.8 Å². The minimum absolute atomic E-state index is 0.0414. The molecule has 378 valence electrons. The number of thioether (sulfide) groups is 1. The van der Waals surface area contributed by atoms with Gasteiger partial charge in [-0.15, -0.1) is 0 Å². The summed E-state index contributed by atoms with van der Waals surface area (Å²) in [5.74, 6) is -0.300. The Morgan fingerprint density at radius 3 is 1.38 bits per heavy atom. The number of phosphoric ester groups is 2. The number of esters is 2. The summed E-state index contributed by atoms with van der Waals surface area (Å²) in [4.78, 5) is 65.8. The zero-order valence-corrected chi connectivity index (χ0v) is 41.3. The number of rotatable bonds is 41. The van der Waals surface area contributed by atoms with Crippen molar-refractivity contribution in [2.45, 2.75) is 243 Å². The molecule has 0 saturated heterocycles. The average Bonchev–Trinajstić information content (AvgIpc) is 3.24. The highest BCUT2D eigenvalue weighted by Gasteiger charge is 2.54. The molecule has 0 spiro atoms. The molecule has 0 heterocycles. The van der Waals surface area contributed by atoms with Crippen LogP contribution in [0.3, 0.4) is 0 Å². The molecule has 0 radical (unpaired) electrons. The smallest absolute Gasteiger partial charge is 0.462 e. The van der Waals surface area contributed by atoms with Crippen LogP contribution in [0.5, 0.6) is 0 Å². The standard InChI is InChI=1S/C44H84O17P2S/c1-3-5-6-7-8-9-10-11-15-18-21-24-27-31-37(46)59-35(34-58-63(55,56)61-44-41(50)39(48)40(49)43(42(44)51)60-62(52,53)54)33-57-36(45)30-26-23-20-17-14-12-13-16-19-22-25-28-32-64-38(47)29-4-2/h35,39-44,48-51H,3-34H2,1-2H3,(H,55,56)(H2,52,53,54)/t35-,39-,40?,41-,42?,43+,44?/m1/s1. The van der Waals surface area contributed by atoms with Crippen LogP contribution in [0.25, 0.3) is 0 Å². The highest BCUT2D eigenvalue weighted by atomic mass is 32.2. The van der Waals surface area contributed by atoms with Gasteiger partial charge in [0.2, 0.25) is 0 Å². The maximum atomic E-state index is 13.0. The van der Waals surface area contributed by atoms with Crippen molar-refractivity contribution in [3.8, 4) is 0 Å². The SMILES string of the molecule is CCCCCCCCCCCCCCCC(=O)O[C@H](COC(=O)CCCCCCCCCCCCCCSC(=O)CCC)COP(=O)(O)OC1C(O)[C@@H](OP(=O)(O)O)C(O)[C@@H](O)[C@H]1O. The molecule has 0 aromatic rings. The molecule has 1 aliphatic carbocycles. The lowest BCUT2D eigenvalue weighted by Gasteiger charge is -2.43. The lowest BCUT2D eigenvalue weighted by atomic mass is 9.85. The summed E-state index contributed by atoms with van der Waals surface area (Å²) in [5, 5.41) is 41.5. The van der Waals surface area contributed by atoms with Crippen LogP contribution in [0.1, 0.15) is 200 Å². The number of carbonyl (C=O) groups is 3. The van der Waals surface area contributed by atoms with E-state index in [0.717, 1.165) is 82.8 Å². The van der Waals surface area contributed by atoms with Gasteiger partial charge >= 0.3 is 27.6 Å². The van der Waals surface area contributed by atoms with Gasteiger partial charge in [-0.25, -0.2) is 9.13 Å². The first-order valence-electron chi connectivity index (χ1n) is 24.1. The first-order valence-corrected chi connectivity index (χ1v) is 28.1. The third-order valence-corrected chi connectivity index (χ3v) is 13.7. The third-order valence-electron chi connectivity index (χ3n) is 11.2. The lowest BCUT2D eigenvalue weighted by molar-refractivity contribution is -0.216. The van der Waals surface area contributed by atoms with Crippen molar-refractivity contribution in [2.24, 2.45) is 0 Å². The molecule has 1 aliphatic rings. The van der Waals surface area contributed by atoms with Crippen molar-refractivity contribution >= 4 is 44.5 Å². The molecular weight excluding hydrogens is 894 g/mol. The quantitative estimate of drug-likeness (QED) is 0.0172. The number of aliphatic hydroxyl groups excluding tert-OH is 4. The van der Waals surface area contributed by atoms with Gasteiger partial charge in [-0.05, 0) is 25.7 Å². The van der Waals surface area contributed by atoms with Crippen LogP contribution in [-0.4, -0.2) is 114 Å². The minimum Gasteiger partial charge on any atom is -0.462 e. The van der Waals surface area contributed by atoms with Crippen LogP contribution in [0.15, 0.2) is 0 Å². The molecule has 64 heavy (non-hydrogen) atoms. The molecule has 8 atom stereocenters. The van der Waals surface area contributed by atoms with Crippen LogP contribution in [-0.2, 0) is 46.6 Å². The summed E-state index contributed by atoms with van der Waals surface area (Å²) >= 11 is 1.46. The van der Waals surface area contributed by atoms with Gasteiger partial charge in [0.05, 0.1) is 6.61 Å². The summed E-state index contributed by atoms with van der Waals surface area (Å²) in [6.45, 7) is 2.88. The molecule has 0 aliphatic heterocycles. The van der Waals surface area contributed by atoms with Crippen LogP contribution >= 0.6 is 27.4 Å². The Bertz CT molecular complexity index is 1320. The van der Waals surface area contributed by atoms with E-state index in [1.54, 1.807) is 0 Å². The molecule has 1 rings (SSSR count). The van der Waals surface area contributed by atoms with Gasteiger partial charge < -0.3 is 44.6 Å². The van der Waals surface area contributed by atoms with Gasteiger partial charge in [0.1, 0.15) is 43.2 Å². The molecule has 7 N–H and O–H groups in total. The lowest BCUT2D eigenvalue weighted by Crippen LogP contribution is -2.64. The average molecular weight is 979 g/mol. The number of unbranched alkanes of at least 4 members (excludes halogenated alkanes) is 23. The van der Waals surface area contributed by atoms with Crippen molar-refractivity contribution in [1.82, 2.24) is 0 Å². The molecule has 17 nitrogen and oxygen atoms in total. The number of carbonyl (C=O) groups excluding carboxylic acids is 3. The highest BCUT2D eigenvalue weighted by Crippen LogP contribution is 2.49. The Labute approximate surface area is 386 Å². The molecule has 0 bridgehead atoms.